The molecule has 1 aromatic rings. The molecular formula is C18H28ClN3O2. The highest BCUT2D eigenvalue weighted by molar-refractivity contribution is 6.09. The van der Waals surface area contributed by atoms with Crippen LogP contribution < -0.4 is 10.6 Å². The molecule has 2 atom stereocenters. The van der Waals surface area contributed by atoms with Gasteiger partial charge in [0.1, 0.15) is 5.92 Å². The molecule has 0 spiro atoms. The summed E-state index contributed by atoms with van der Waals surface area (Å²) in [4.78, 5) is 28.4. The third-order valence-electron chi connectivity index (χ3n) is 4.72. The Morgan fingerprint density at radius 3 is 2.38 bits per heavy atom. The Bertz CT molecular complexity index is 574. The molecule has 1 fully saturated rings. The number of nitrogens with two attached hydrogens (primary N) is 1. The Morgan fingerprint density at radius 2 is 1.88 bits per heavy atom. The average Bonchev–Trinajstić information content (AvgIpc) is 2.94. The number of hydrogen-bond donors (Lipinski definition) is 1. The van der Waals surface area contributed by atoms with Crippen LogP contribution in [0.5, 0.6) is 0 Å². The maximum absolute atomic E-state index is 12.6. The summed E-state index contributed by atoms with van der Waals surface area (Å²) in [6.45, 7) is 7.14. The van der Waals surface area contributed by atoms with Crippen molar-refractivity contribution in [2.45, 2.75) is 39.2 Å². The van der Waals surface area contributed by atoms with Gasteiger partial charge in [-0.05, 0) is 37.0 Å². The number of likely N-dealkylation sites (N-methyl/N-ethyl adjacent to an activating group) is 1. The second-order valence-electron chi connectivity index (χ2n) is 6.61. The first kappa shape index (κ1) is 20.5. The fourth-order valence-electron chi connectivity index (χ4n) is 2.83. The van der Waals surface area contributed by atoms with Crippen molar-refractivity contribution < 1.29 is 9.59 Å². The normalized spacial score (nSPS) is 18.5. The number of nitrogens with zero attached hydrogens (tertiary/aromatic N) is 2. The summed E-state index contributed by atoms with van der Waals surface area (Å²) in [6, 6.07) is 7.96. The van der Waals surface area contributed by atoms with Crippen LogP contribution in [0.2, 0.25) is 0 Å². The number of amides is 2. The van der Waals surface area contributed by atoms with Crippen molar-refractivity contribution >= 4 is 29.9 Å². The quantitative estimate of drug-likeness (QED) is 0.826. The second kappa shape index (κ2) is 8.49. The molecule has 6 heteroatoms. The lowest BCUT2D eigenvalue weighted by molar-refractivity contribution is -0.140. The number of carbonyl (C=O) groups is 2. The van der Waals surface area contributed by atoms with Gasteiger partial charge < -0.3 is 15.5 Å². The summed E-state index contributed by atoms with van der Waals surface area (Å²) in [5.41, 5.74) is 7.72. The Balaban J connectivity index is 0.00000288. The first-order valence-electron chi connectivity index (χ1n) is 8.24. The largest absolute Gasteiger partial charge is 0.341 e. The summed E-state index contributed by atoms with van der Waals surface area (Å²) in [7, 11) is 1.72. The molecule has 2 unspecified atom stereocenters. The molecule has 2 N–H and O–H groups in total. The minimum Gasteiger partial charge on any atom is -0.341 e. The van der Waals surface area contributed by atoms with Crippen LogP contribution in [0.25, 0.3) is 0 Å². The number of carbonyl (C=O) groups excluding carboxylic acids is 2. The van der Waals surface area contributed by atoms with Crippen LogP contribution in [0.15, 0.2) is 24.3 Å². The zero-order valence-corrected chi connectivity index (χ0v) is 15.7. The van der Waals surface area contributed by atoms with E-state index in [1.54, 1.807) is 16.8 Å². The zero-order valence-electron chi connectivity index (χ0n) is 14.9. The van der Waals surface area contributed by atoms with E-state index in [9.17, 15) is 9.59 Å². The van der Waals surface area contributed by atoms with Gasteiger partial charge in [0.2, 0.25) is 11.8 Å². The van der Waals surface area contributed by atoms with E-state index in [0.717, 1.165) is 5.69 Å². The zero-order chi connectivity index (χ0) is 17.1. The van der Waals surface area contributed by atoms with Crippen molar-refractivity contribution in [2.24, 2.45) is 11.7 Å². The lowest BCUT2D eigenvalue weighted by Gasteiger charge is -2.26. The molecule has 1 heterocycles. The highest BCUT2D eigenvalue weighted by Crippen LogP contribution is 2.28. The van der Waals surface area contributed by atoms with Crippen LogP contribution in [-0.2, 0) is 9.59 Å². The standard InChI is InChI=1S/C18H27N3O2.ClH/c1-12(2)14-5-7-15(8-6-14)21-10-9-16(18(21)23)17(22)20(4)13(3)11-19;/h5-8,12-13,16H,9-11,19H2,1-4H3;1H. The van der Waals surface area contributed by atoms with Crippen molar-refractivity contribution in [1.29, 1.82) is 0 Å². The third kappa shape index (κ3) is 4.08. The van der Waals surface area contributed by atoms with E-state index in [0.29, 0.717) is 25.4 Å². The van der Waals surface area contributed by atoms with Gasteiger partial charge in [-0.25, -0.2) is 0 Å². The molecule has 1 aliphatic rings. The lowest BCUT2D eigenvalue weighted by Crippen LogP contribution is -2.44. The summed E-state index contributed by atoms with van der Waals surface area (Å²) in [5.74, 6) is -0.365. The summed E-state index contributed by atoms with van der Waals surface area (Å²) in [6.07, 6.45) is 0.561. The molecule has 0 bridgehead atoms. The van der Waals surface area contributed by atoms with Gasteiger partial charge in [0.05, 0.1) is 0 Å². The Morgan fingerprint density at radius 1 is 1.29 bits per heavy atom. The second-order valence-corrected chi connectivity index (χ2v) is 6.61. The van der Waals surface area contributed by atoms with E-state index in [1.165, 1.54) is 5.56 Å². The van der Waals surface area contributed by atoms with Gasteiger partial charge in [-0.2, -0.15) is 0 Å². The van der Waals surface area contributed by atoms with Gasteiger partial charge in [0, 0.05) is 31.9 Å². The summed E-state index contributed by atoms with van der Waals surface area (Å²) in [5, 5.41) is 0. The molecular weight excluding hydrogens is 326 g/mol. The Kier molecular flexibility index (Phi) is 7.24. The van der Waals surface area contributed by atoms with Gasteiger partial charge in [-0.1, -0.05) is 26.0 Å². The van der Waals surface area contributed by atoms with Crippen LogP contribution in [0.4, 0.5) is 5.69 Å². The predicted octanol–water partition coefficient (Wildman–Crippen LogP) is 2.39. The molecule has 0 aliphatic carbocycles. The molecule has 2 rings (SSSR count). The fourth-order valence-corrected chi connectivity index (χ4v) is 2.83. The van der Waals surface area contributed by atoms with Crippen molar-refractivity contribution in [1.82, 2.24) is 4.90 Å². The van der Waals surface area contributed by atoms with Crippen molar-refractivity contribution in [3.8, 4) is 0 Å². The highest BCUT2D eigenvalue weighted by Gasteiger charge is 2.39. The maximum Gasteiger partial charge on any atom is 0.239 e. The lowest BCUT2D eigenvalue weighted by atomic mass is 10.0. The molecule has 1 aromatic carbocycles. The Hall–Kier alpha value is -1.59. The molecule has 1 saturated heterocycles. The molecule has 24 heavy (non-hydrogen) atoms. The molecule has 134 valence electrons. The number of rotatable bonds is 5. The van der Waals surface area contributed by atoms with Crippen LogP contribution in [0.1, 0.15) is 38.7 Å². The van der Waals surface area contributed by atoms with Gasteiger partial charge >= 0.3 is 0 Å². The van der Waals surface area contributed by atoms with Crippen LogP contribution in [0, 0.1) is 5.92 Å². The van der Waals surface area contributed by atoms with Crippen molar-refractivity contribution in [3.63, 3.8) is 0 Å². The predicted molar refractivity (Wildman–Crippen MR) is 99.5 cm³/mol. The van der Waals surface area contributed by atoms with E-state index in [4.69, 9.17) is 5.73 Å². The van der Waals surface area contributed by atoms with Gasteiger partial charge in [-0.15, -0.1) is 12.4 Å². The van der Waals surface area contributed by atoms with E-state index in [1.807, 2.05) is 31.2 Å². The monoisotopic (exact) mass is 353 g/mol. The fraction of sp³-hybridized carbons (Fsp3) is 0.556. The van der Waals surface area contributed by atoms with Crippen LogP contribution >= 0.6 is 12.4 Å². The molecule has 0 radical (unpaired) electrons. The van der Waals surface area contributed by atoms with Crippen molar-refractivity contribution in [3.05, 3.63) is 29.8 Å². The number of halogens is 1. The smallest absolute Gasteiger partial charge is 0.239 e. The molecule has 2 amide bonds. The van der Waals surface area contributed by atoms with Crippen LogP contribution in [0.3, 0.4) is 0 Å². The van der Waals surface area contributed by atoms with E-state index >= 15 is 0 Å². The maximum atomic E-state index is 12.6. The number of benzene rings is 1. The highest BCUT2D eigenvalue weighted by atomic mass is 35.5. The topological polar surface area (TPSA) is 66.6 Å². The Labute approximate surface area is 150 Å². The van der Waals surface area contributed by atoms with Gasteiger partial charge in [0.15, 0.2) is 0 Å². The van der Waals surface area contributed by atoms with E-state index in [-0.39, 0.29) is 30.3 Å². The van der Waals surface area contributed by atoms with E-state index in [2.05, 4.69) is 13.8 Å². The van der Waals surface area contributed by atoms with Gasteiger partial charge in [0.25, 0.3) is 0 Å². The minimum atomic E-state index is -0.584. The summed E-state index contributed by atoms with van der Waals surface area (Å²) >= 11 is 0. The molecule has 1 aliphatic heterocycles. The minimum absolute atomic E-state index is 0. The first-order chi connectivity index (χ1) is 10.9. The average molecular weight is 354 g/mol. The first-order valence-corrected chi connectivity index (χ1v) is 8.24. The SMILES string of the molecule is CC(C)c1ccc(N2CCC(C(=O)N(C)C(C)CN)C2=O)cc1.Cl. The van der Waals surface area contributed by atoms with E-state index < -0.39 is 5.92 Å². The number of hydrogen-bond acceptors (Lipinski definition) is 3. The third-order valence-corrected chi connectivity index (χ3v) is 4.72. The van der Waals surface area contributed by atoms with Crippen molar-refractivity contribution in [2.75, 3.05) is 25.0 Å². The number of anilines is 1. The van der Waals surface area contributed by atoms with Crippen LogP contribution in [-0.4, -0.2) is 42.9 Å². The summed E-state index contributed by atoms with van der Waals surface area (Å²) < 4.78 is 0. The van der Waals surface area contributed by atoms with Gasteiger partial charge in [-0.3, -0.25) is 9.59 Å². The molecule has 0 saturated carbocycles. The molecule has 0 aromatic heterocycles. The molecule has 5 nitrogen and oxygen atoms in total.